The molecule has 1 aromatic rings. The monoisotopic (exact) mass is 506 g/mol. The number of likely N-dealkylation sites (N-methyl/N-ethyl adjacent to an activating group) is 1. The van der Waals surface area contributed by atoms with Crippen molar-refractivity contribution in [2.45, 2.75) is 31.8 Å². The van der Waals surface area contributed by atoms with Gasteiger partial charge in [-0.3, -0.25) is 14.5 Å². The van der Waals surface area contributed by atoms with Crippen LogP contribution in [0.2, 0.25) is 0 Å². The van der Waals surface area contributed by atoms with Gasteiger partial charge in [0.25, 0.3) is 0 Å². The van der Waals surface area contributed by atoms with Crippen molar-refractivity contribution in [3.8, 4) is 5.75 Å². The summed E-state index contributed by atoms with van der Waals surface area (Å²) in [6, 6.07) is 7.85. The summed E-state index contributed by atoms with van der Waals surface area (Å²) in [6.45, 7) is 7.17. The van der Waals surface area contributed by atoms with Crippen LogP contribution in [0.25, 0.3) is 0 Å². The topological polar surface area (TPSA) is 56.3 Å². The average Bonchev–Trinajstić information content (AvgIpc) is 3.28. The summed E-state index contributed by atoms with van der Waals surface area (Å²) in [5.41, 5.74) is 0. The van der Waals surface area contributed by atoms with Crippen LogP contribution in [-0.2, 0) is 9.59 Å². The van der Waals surface area contributed by atoms with Crippen molar-refractivity contribution in [3.05, 3.63) is 28.7 Å². The largest absolute Gasteiger partial charge is 0.490 e. The summed E-state index contributed by atoms with van der Waals surface area (Å²) in [5, 5.41) is 0. The van der Waals surface area contributed by atoms with Crippen LogP contribution in [0.3, 0.4) is 0 Å². The Balaban J connectivity index is 1.41. The Bertz CT molecular complexity index is 793. The molecule has 2 amide bonds. The molecule has 4 rings (SSSR count). The number of piperidine rings is 1. The zero-order valence-electron chi connectivity index (χ0n) is 19.0. The minimum atomic E-state index is -0.0726. The third kappa shape index (κ3) is 6.23. The molecule has 0 spiro atoms. The van der Waals surface area contributed by atoms with Crippen LogP contribution in [0.15, 0.2) is 28.7 Å². The van der Waals surface area contributed by atoms with Gasteiger partial charge >= 0.3 is 0 Å². The molecule has 0 bridgehead atoms. The number of halogens is 1. The number of nitrogens with zero attached hydrogens (tertiary/aromatic N) is 4. The van der Waals surface area contributed by atoms with Gasteiger partial charge in [-0.2, -0.15) is 0 Å². The fourth-order valence-corrected chi connectivity index (χ4v) is 5.32. The summed E-state index contributed by atoms with van der Waals surface area (Å²) >= 11 is 3.51. The van der Waals surface area contributed by atoms with E-state index in [0.717, 1.165) is 55.9 Å². The highest BCUT2D eigenvalue weighted by atomic mass is 79.9. The summed E-state index contributed by atoms with van der Waals surface area (Å²) in [6.07, 6.45) is 3.46. The standard InChI is InChI=1S/C24H35BrN4O3/c1-26-11-13-28(14-12-26)23(30)15-19-17-29(24(31)18-27-8-2-3-9-27)10-7-22(19)32-21-6-4-5-20(25)16-21/h4-6,16,19,22H,2-3,7-15,17-18H2,1H3/t19-,22-/m0/s1. The lowest BCUT2D eigenvalue weighted by molar-refractivity contribution is -0.140. The Hall–Kier alpha value is -1.64. The first-order valence-electron chi connectivity index (χ1n) is 11.9. The molecule has 7 nitrogen and oxygen atoms in total. The van der Waals surface area contributed by atoms with E-state index in [9.17, 15) is 9.59 Å². The van der Waals surface area contributed by atoms with Crippen molar-refractivity contribution in [1.29, 1.82) is 0 Å². The van der Waals surface area contributed by atoms with E-state index in [0.29, 0.717) is 26.1 Å². The van der Waals surface area contributed by atoms with E-state index in [1.54, 1.807) is 0 Å². The van der Waals surface area contributed by atoms with Gasteiger partial charge in [0.15, 0.2) is 0 Å². The summed E-state index contributed by atoms with van der Waals surface area (Å²) in [4.78, 5) is 34.5. The molecule has 3 saturated heterocycles. The Morgan fingerprint density at radius 2 is 1.75 bits per heavy atom. The number of benzene rings is 1. The normalized spacial score (nSPS) is 25.2. The van der Waals surface area contributed by atoms with Crippen molar-refractivity contribution in [3.63, 3.8) is 0 Å². The Labute approximate surface area is 199 Å². The van der Waals surface area contributed by atoms with Crippen molar-refractivity contribution in [1.82, 2.24) is 19.6 Å². The van der Waals surface area contributed by atoms with Crippen LogP contribution in [0.5, 0.6) is 5.75 Å². The first-order valence-corrected chi connectivity index (χ1v) is 12.7. The van der Waals surface area contributed by atoms with Crippen molar-refractivity contribution >= 4 is 27.7 Å². The first-order chi connectivity index (χ1) is 15.5. The molecule has 0 aromatic heterocycles. The van der Waals surface area contributed by atoms with E-state index in [2.05, 4.69) is 32.8 Å². The van der Waals surface area contributed by atoms with E-state index in [1.165, 1.54) is 12.8 Å². The maximum atomic E-state index is 13.1. The fraction of sp³-hybridized carbons (Fsp3) is 0.667. The molecule has 0 radical (unpaired) electrons. The van der Waals surface area contributed by atoms with Crippen LogP contribution < -0.4 is 4.74 Å². The Morgan fingerprint density at radius 1 is 1.00 bits per heavy atom. The molecule has 0 unspecified atom stereocenters. The van der Waals surface area contributed by atoms with E-state index in [-0.39, 0.29) is 23.8 Å². The van der Waals surface area contributed by atoms with Gasteiger partial charge in [0.2, 0.25) is 11.8 Å². The minimum Gasteiger partial charge on any atom is -0.490 e. The highest BCUT2D eigenvalue weighted by molar-refractivity contribution is 9.10. The number of piperazine rings is 1. The third-order valence-corrected chi connectivity index (χ3v) is 7.44. The first kappa shape index (κ1) is 23.5. The highest BCUT2D eigenvalue weighted by Gasteiger charge is 2.36. The Kier molecular flexibility index (Phi) is 8.07. The number of hydrogen-bond donors (Lipinski definition) is 0. The third-order valence-electron chi connectivity index (χ3n) is 6.95. The highest BCUT2D eigenvalue weighted by Crippen LogP contribution is 2.28. The molecular formula is C24H35BrN4O3. The number of rotatable bonds is 6. The quantitative estimate of drug-likeness (QED) is 0.592. The summed E-state index contributed by atoms with van der Waals surface area (Å²) < 4.78 is 7.33. The molecular weight excluding hydrogens is 472 g/mol. The van der Waals surface area contributed by atoms with Gasteiger partial charge in [-0.15, -0.1) is 0 Å². The second-order valence-electron chi connectivity index (χ2n) is 9.37. The maximum Gasteiger partial charge on any atom is 0.236 e. The molecule has 176 valence electrons. The van der Waals surface area contributed by atoms with Crippen molar-refractivity contribution < 1.29 is 14.3 Å². The molecule has 2 atom stereocenters. The van der Waals surface area contributed by atoms with Crippen LogP contribution in [0.4, 0.5) is 0 Å². The van der Waals surface area contributed by atoms with Gasteiger partial charge in [0.05, 0.1) is 6.54 Å². The number of carbonyl (C=O) groups is 2. The smallest absolute Gasteiger partial charge is 0.236 e. The number of likely N-dealkylation sites (tertiary alicyclic amines) is 2. The maximum absolute atomic E-state index is 13.1. The zero-order valence-corrected chi connectivity index (χ0v) is 20.6. The summed E-state index contributed by atoms with van der Waals surface area (Å²) in [7, 11) is 2.09. The molecule has 32 heavy (non-hydrogen) atoms. The molecule has 3 aliphatic heterocycles. The van der Waals surface area contributed by atoms with Crippen LogP contribution in [0, 0.1) is 5.92 Å². The predicted octanol–water partition coefficient (Wildman–Crippen LogP) is 2.30. The average molecular weight is 507 g/mol. The van der Waals surface area contributed by atoms with Gasteiger partial charge in [0, 0.05) is 62.5 Å². The van der Waals surface area contributed by atoms with Gasteiger partial charge in [-0.25, -0.2) is 0 Å². The number of ether oxygens (including phenoxy) is 1. The lowest BCUT2D eigenvalue weighted by Gasteiger charge is -2.40. The van der Waals surface area contributed by atoms with E-state index >= 15 is 0 Å². The van der Waals surface area contributed by atoms with Crippen LogP contribution in [0.1, 0.15) is 25.7 Å². The molecule has 8 heteroatoms. The molecule has 3 aliphatic rings. The molecule has 0 N–H and O–H groups in total. The van der Waals surface area contributed by atoms with Crippen LogP contribution >= 0.6 is 15.9 Å². The minimum absolute atomic E-state index is 0.00239. The van der Waals surface area contributed by atoms with Gasteiger partial charge in [0.1, 0.15) is 11.9 Å². The molecule has 3 fully saturated rings. The second-order valence-corrected chi connectivity index (χ2v) is 10.3. The molecule has 3 heterocycles. The van der Waals surface area contributed by atoms with Crippen molar-refractivity contribution in [2.24, 2.45) is 5.92 Å². The van der Waals surface area contributed by atoms with Crippen LogP contribution in [-0.4, -0.2) is 103 Å². The molecule has 0 saturated carbocycles. The van der Waals surface area contributed by atoms with Gasteiger partial charge in [-0.1, -0.05) is 22.0 Å². The van der Waals surface area contributed by atoms with Gasteiger partial charge in [-0.05, 0) is 51.2 Å². The SMILES string of the molecule is CN1CCN(C(=O)C[C@H]2CN(C(=O)CN3CCCC3)CC[C@@H]2Oc2cccc(Br)c2)CC1. The van der Waals surface area contributed by atoms with Crippen molar-refractivity contribution in [2.75, 3.05) is 66.0 Å². The Morgan fingerprint density at radius 3 is 2.47 bits per heavy atom. The van der Waals surface area contributed by atoms with E-state index < -0.39 is 0 Å². The number of carbonyl (C=O) groups excluding carboxylic acids is 2. The van der Waals surface area contributed by atoms with E-state index in [4.69, 9.17) is 4.74 Å². The zero-order chi connectivity index (χ0) is 22.5. The van der Waals surface area contributed by atoms with Gasteiger partial charge < -0.3 is 19.4 Å². The summed E-state index contributed by atoms with van der Waals surface area (Å²) in [5.74, 6) is 1.17. The number of hydrogen-bond acceptors (Lipinski definition) is 5. The fourth-order valence-electron chi connectivity index (χ4n) is 4.94. The predicted molar refractivity (Wildman–Crippen MR) is 128 cm³/mol. The second kappa shape index (κ2) is 11.0. The lowest BCUT2D eigenvalue weighted by atomic mass is 9.90. The number of amides is 2. The van der Waals surface area contributed by atoms with E-state index in [1.807, 2.05) is 34.1 Å². The molecule has 0 aliphatic carbocycles. The molecule has 1 aromatic carbocycles. The lowest BCUT2D eigenvalue weighted by Crippen LogP contribution is -2.52.